The van der Waals surface area contributed by atoms with Crippen molar-refractivity contribution in [2.24, 2.45) is 0 Å². The fourth-order valence-electron chi connectivity index (χ4n) is 7.29. The molecular weight excluding hydrogens is 709 g/mol. The lowest BCUT2D eigenvalue weighted by atomic mass is 10.2. The highest BCUT2D eigenvalue weighted by atomic mass is 32.1. The van der Waals surface area contributed by atoms with Gasteiger partial charge in [0.15, 0.2) is 17.6 Å². The van der Waals surface area contributed by atoms with E-state index in [1.54, 1.807) is 12.4 Å². The van der Waals surface area contributed by atoms with Gasteiger partial charge in [0, 0.05) is 21.5 Å². The third-order valence-electron chi connectivity index (χ3n) is 9.48. The molecule has 0 aliphatic carbocycles. The fraction of sp³-hybridized carbons (Fsp3) is 0. The summed E-state index contributed by atoms with van der Waals surface area (Å²) >= 11 is 3.04. The zero-order valence-corrected chi connectivity index (χ0v) is 29.3. The van der Waals surface area contributed by atoms with Crippen LogP contribution in [0.2, 0.25) is 0 Å². The van der Waals surface area contributed by atoms with E-state index in [1.165, 1.54) is 22.7 Å². The van der Waals surface area contributed by atoms with E-state index in [1.807, 2.05) is 54.6 Å². The van der Waals surface area contributed by atoms with Gasteiger partial charge in [-0.3, -0.25) is 0 Å². The molecule has 0 radical (unpaired) electrons. The molecule has 6 heterocycles. The van der Waals surface area contributed by atoms with Crippen molar-refractivity contribution in [3.63, 3.8) is 0 Å². The van der Waals surface area contributed by atoms with Crippen LogP contribution in [0.5, 0.6) is 0 Å². The van der Waals surface area contributed by atoms with Gasteiger partial charge in [0.05, 0.1) is 53.9 Å². The number of hydrogen-bond acceptors (Lipinski definition) is 8. The summed E-state index contributed by atoms with van der Waals surface area (Å²) in [6.07, 6.45) is 3.13. The molecule has 0 bridgehead atoms. The number of benzene rings is 4. The average molecular weight is 727 g/mol. The Bertz CT molecular complexity index is 3070. The third kappa shape index (κ3) is 4.33. The van der Waals surface area contributed by atoms with Crippen molar-refractivity contribution < 1.29 is 0 Å². The predicted octanol–water partition coefficient (Wildman–Crippen LogP) is 10.9. The van der Waals surface area contributed by atoms with E-state index in [0.717, 1.165) is 74.1 Å². The minimum absolute atomic E-state index is 0.0386. The zero-order chi connectivity index (χ0) is 36.5. The van der Waals surface area contributed by atoms with Crippen LogP contribution >= 0.6 is 22.7 Å². The van der Waals surface area contributed by atoms with Crippen molar-refractivity contribution in [1.82, 2.24) is 29.1 Å². The number of nitrogens with zero attached hydrogens (tertiary/aromatic N) is 10. The first-order chi connectivity index (χ1) is 26.6. The number of para-hydroxylation sites is 4. The van der Waals surface area contributed by atoms with Gasteiger partial charge in [0.25, 0.3) is 11.6 Å². The minimum atomic E-state index is -0.0624. The van der Waals surface area contributed by atoms with Crippen LogP contribution < -0.4 is 0 Å². The lowest BCUT2D eigenvalue weighted by Gasteiger charge is -2.10. The van der Waals surface area contributed by atoms with E-state index in [4.69, 9.17) is 23.1 Å². The minimum Gasteiger partial charge on any atom is -0.370 e. The number of thiophene rings is 2. The summed E-state index contributed by atoms with van der Waals surface area (Å²) < 4.78 is 6.30. The molecule has 0 N–H and O–H groups in total. The van der Waals surface area contributed by atoms with Gasteiger partial charge in [-0.2, -0.15) is 10.5 Å². The Morgan fingerprint density at radius 3 is 1.35 bits per heavy atom. The molecule has 6 aromatic heterocycles. The summed E-state index contributed by atoms with van der Waals surface area (Å²) in [5.74, 6) is -0.112. The Labute approximate surface area is 314 Å². The van der Waals surface area contributed by atoms with Crippen LogP contribution in [0.1, 0.15) is 11.4 Å². The van der Waals surface area contributed by atoms with Gasteiger partial charge in [0.1, 0.15) is 22.7 Å². The Kier molecular flexibility index (Phi) is 6.85. The predicted molar refractivity (Wildman–Crippen MR) is 212 cm³/mol. The van der Waals surface area contributed by atoms with E-state index in [9.17, 15) is 10.5 Å². The first-order valence-corrected chi connectivity index (χ1v) is 18.1. The molecule has 248 valence electrons. The van der Waals surface area contributed by atoms with Crippen molar-refractivity contribution in [2.45, 2.75) is 0 Å². The number of nitriles is 2. The topological polar surface area (TPSA) is 118 Å². The average Bonchev–Trinajstić information content (AvgIpc) is 3.97. The van der Waals surface area contributed by atoms with Gasteiger partial charge in [0.2, 0.25) is 5.69 Å². The van der Waals surface area contributed by atoms with E-state index < -0.39 is 0 Å². The molecule has 10 rings (SSSR count). The van der Waals surface area contributed by atoms with Crippen LogP contribution in [0.3, 0.4) is 0 Å². The summed E-state index contributed by atoms with van der Waals surface area (Å²) in [6, 6.07) is 37.0. The fourth-order valence-corrected chi connectivity index (χ4v) is 10.0. The lowest BCUT2D eigenvalue weighted by Crippen LogP contribution is -1.99. The standard InChI is InChI=1S/C42H18N10S2/c1-45-41-42(46-2)50-30(22-48-41)38-36(52-33-17-9-5-13-25(33)26-14-6-10-18-34(26)52)40-39(54-38)35(37(53-40)29-21-47-27(19-43)28(20-44)49-29)51-31-15-7-3-11-23(31)24-12-4-8-16-32(24)51/h3-18,21-22H. The van der Waals surface area contributed by atoms with Crippen molar-refractivity contribution in [2.75, 3.05) is 0 Å². The van der Waals surface area contributed by atoms with Gasteiger partial charge in [-0.25, -0.2) is 9.97 Å². The highest BCUT2D eigenvalue weighted by molar-refractivity contribution is 7.32. The van der Waals surface area contributed by atoms with Crippen LogP contribution in [0.25, 0.3) is 95.2 Å². The molecule has 54 heavy (non-hydrogen) atoms. The smallest absolute Gasteiger partial charge is 0.294 e. The first kappa shape index (κ1) is 31.0. The second kappa shape index (κ2) is 11.9. The molecule has 0 saturated heterocycles. The Morgan fingerprint density at radius 1 is 0.519 bits per heavy atom. The molecule has 0 fully saturated rings. The zero-order valence-electron chi connectivity index (χ0n) is 27.7. The molecule has 0 aliphatic heterocycles. The normalized spacial score (nSPS) is 11.3. The Morgan fingerprint density at radius 2 is 0.926 bits per heavy atom. The summed E-state index contributed by atoms with van der Waals surface area (Å²) in [5, 5.41) is 24.0. The highest BCUT2D eigenvalue weighted by Crippen LogP contribution is 2.54. The maximum atomic E-state index is 10.0. The Balaban J connectivity index is 1.42. The maximum Gasteiger partial charge on any atom is 0.294 e. The summed E-state index contributed by atoms with van der Waals surface area (Å²) in [7, 11) is 0. The molecule has 4 aromatic carbocycles. The maximum absolute atomic E-state index is 10.0. The molecule has 10 aromatic rings. The lowest BCUT2D eigenvalue weighted by molar-refractivity contribution is 1.13. The van der Waals surface area contributed by atoms with Crippen molar-refractivity contribution in [3.8, 4) is 44.7 Å². The summed E-state index contributed by atoms with van der Waals surface area (Å²) in [6.45, 7) is 15.4. The monoisotopic (exact) mass is 726 g/mol. The van der Waals surface area contributed by atoms with Crippen LogP contribution in [0.15, 0.2) is 109 Å². The largest absolute Gasteiger partial charge is 0.370 e. The third-order valence-corrected chi connectivity index (χ3v) is 12.0. The molecule has 10 nitrogen and oxygen atoms in total. The van der Waals surface area contributed by atoms with Crippen LogP contribution in [-0.2, 0) is 0 Å². The molecule has 0 unspecified atom stereocenters. The van der Waals surface area contributed by atoms with Crippen molar-refractivity contribution in [3.05, 3.63) is 144 Å². The van der Waals surface area contributed by atoms with Crippen LogP contribution in [0.4, 0.5) is 11.6 Å². The van der Waals surface area contributed by atoms with E-state index in [0.29, 0.717) is 11.4 Å². The number of hydrogen-bond donors (Lipinski definition) is 0. The second-order valence-electron chi connectivity index (χ2n) is 12.3. The van der Waals surface area contributed by atoms with Gasteiger partial charge < -0.3 is 18.8 Å². The molecule has 0 atom stereocenters. The summed E-state index contributed by atoms with van der Waals surface area (Å²) in [4.78, 5) is 26.8. The van der Waals surface area contributed by atoms with Gasteiger partial charge in [-0.15, -0.1) is 32.6 Å². The molecule has 0 spiro atoms. The van der Waals surface area contributed by atoms with E-state index in [2.05, 4.69) is 83.4 Å². The number of rotatable bonds is 4. The van der Waals surface area contributed by atoms with Gasteiger partial charge >= 0.3 is 0 Å². The summed E-state index contributed by atoms with van der Waals surface area (Å²) in [5.41, 5.74) is 6.44. The van der Waals surface area contributed by atoms with Gasteiger partial charge in [-0.1, -0.05) is 85.9 Å². The molecule has 0 amide bonds. The first-order valence-electron chi connectivity index (χ1n) is 16.5. The number of fused-ring (bicyclic) bond motifs is 7. The van der Waals surface area contributed by atoms with Crippen LogP contribution in [0, 0.1) is 35.8 Å². The molecular formula is C42H18N10S2. The van der Waals surface area contributed by atoms with E-state index in [-0.39, 0.29) is 23.0 Å². The molecule has 0 aliphatic rings. The molecule has 12 heteroatoms. The second-order valence-corrected chi connectivity index (χ2v) is 14.3. The van der Waals surface area contributed by atoms with Gasteiger partial charge in [-0.05, 0) is 24.3 Å². The van der Waals surface area contributed by atoms with E-state index >= 15 is 0 Å². The Hall–Kier alpha value is -7.74. The van der Waals surface area contributed by atoms with Crippen molar-refractivity contribution in [1.29, 1.82) is 10.5 Å². The van der Waals surface area contributed by atoms with Crippen LogP contribution in [-0.4, -0.2) is 29.1 Å². The SMILES string of the molecule is [C-]#[N+]c1ncc(-c2sc3c(-n4c5ccccc5c5ccccc54)c(-c4cnc(C#N)c(C#N)n4)sc3c2-n2c3ccccc3c3ccccc32)nc1[N+]#[C-]. The molecule has 0 saturated carbocycles. The highest BCUT2D eigenvalue weighted by Gasteiger charge is 2.31. The van der Waals surface area contributed by atoms with Crippen molar-refractivity contribution >= 4 is 87.3 Å². The number of aromatic nitrogens is 6. The quantitative estimate of drug-likeness (QED) is 0.167.